The zero-order valence-electron chi connectivity index (χ0n) is 10.5. The van der Waals surface area contributed by atoms with Crippen LogP contribution < -0.4 is 0 Å². The summed E-state index contributed by atoms with van der Waals surface area (Å²) in [6.45, 7) is 6.17. The van der Waals surface area contributed by atoms with Crippen LogP contribution in [0.1, 0.15) is 37.3 Å². The lowest BCUT2D eigenvalue weighted by Gasteiger charge is -2.33. The van der Waals surface area contributed by atoms with E-state index in [0.717, 1.165) is 31.8 Å². The van der Waals surface area contributed by atoms with Gasteiger partial charge in [-0.05, 0) is 30.7 Å². The van der Waals surface area contributed by atoms with Gasteiger partial charge in [0.1, 0.15) is 0 Å². The molecule has 1 aromatic rings. The van der Waals surface area contributed by atoms with Gasteiger partial charge in [-0.25, -0.2) is 9.97 Å². The third-order valence-electron chi connectivity index (χ3n) is 3.53. The van der Waals surface area contributed by atoms with E-state index in [1.54, 1.807) is 18.5 Å². The van der Waals surface area contributed by atoms with Crippen molar-refractivity contribution < 1.29 is 4.79 Å². The van der Waals surface area contributed by atoms with Crippen LogP contribution in [0.2, 0.25) is 0 Å². The molecule has 1 amide bonds. The molecule has 1 aliphatic rings. The number of nitrogens with zero attached hydrogens (tertiary/aromatic N) is 3. The fourth-order valence-electron chi connectivity index (χ4n) is 2.32. The van der Waals surface area contributed by atoms with Crippen LogP contribution in [-0.4, -0.2) is 33.9 Å². The lowest BCUT2D eigenvalue weighted by atomic mass is 9.87. The molecule has 0 N–H and O–H groups in total. The summed E-state index contributed by atoms with van der Waals surface area (Å²) in [5.41, 5.74) is 0. The predicted molar refractivity (Wildman–Crippen MR) is 65.5 cm³/mol. The van der Waals surface area contributed by atoms with Crippen molar-refractivity contribution in [2.75, 3.05) is 13.1 Å². The molecule has 2 heterocycles. The van der Waals surface area contributed by atoms with Crippen molar-refractivity contribution in [1.82, 2.24) is 14.9 Å². The number of aromatic nitrogens is 2. The van der Waals surface area contributed by atoms with Crippen LogP contribution in [0.15, 0.2) is 18.5 Å². The second kappa shape index (κ2) is 5.25. The van der Waals surface area contributed by atoms with E-state index in [-0.39, 0.29) is 5.91 Å². The van der Waals surface area contributed by atoms with Gasteiger partial charge >= 0.3 is 0 Å². The molecule has 1 saturated heterocycles. The van der Waals surface area contributed by atoms with Gasteiger partial charge in [-0.3, -0.25) is 4.79 Å². The maximum absolute atomic E-state index is 12.1. The molecule has 0 aromatic carbocycles. The fraction of sp³-hybridized carbons (Fsp3) is 0.615. The van der Waals surface area contributed by atoms with Crippen molar-refractivity contribution in [3.63, 3.8) is 0 Å². The Kier molecular flexibility index (Phi) is 3.71. The van der Waals surface area contributed by atoms with Crippen LogP contribution in [0.5, 0.6) is 0 Å². The molecule has 1 fully saturated rings. The molecule has 17 heavy (non-hydrogen) atoms. The number of carbonyl (C=O) groups is 1. The molecule has 2 rings (SSSR count). The highest BCUT2D eigenvalue weighted by atomic mass is 16.2. The van der Waals surface area contributed by atoms with E-state index in [0.29, 0.717) is 11.7 Å². The minimum atomic E-state index is -0.0344. The Hall–Kier alpha value is -1.45. The van der Waals surface area contributed by atoms with Crippen LogP contribution in [0.4, 0.5) is 0 Å². The maximum Gasteiger partial charge on any atom is 0.291 e. The molecular weight excluding hydrogens is 214 g/mol. The molecule has 0 bridgehead atoms. The van der Waals surface area contributed by atoms with Gasteiger partial charge < -0.3 is 4.90 Å². The van der Waals surface area contributed by atoms with E-state index in [9.17, 15) is 4.79 Å². The number of piperidine rings is 1. The lowest BCUT2D eigenvalue weighted by molar-refractivity contribution is 0.0655. The SMILES string of the molecule is CC(C)C1CCN(C(=O)c2ncccn2)CC1. The molecule has 1 aliphatic heterocycles. The van der Waals surface area contributed by atoms with Crippen LogP contribution in [0, 0.1) is 11.8 Å². The Balaban J connectivity index is 1.95. The summed E-state index contributed by atoms with van der Waals surface area (Å²) < 4.78 is 0. The number of hydrogen-bond acceptors (Lipinski definition) is 3. The summed E-state index contributed by atoms with van der Waals surface area (Å²) in [5, 5.41) is 0. The van der Waals surface area contributed by atoms with E-state index < -0.39 is 0 Å². The number of carbonyl (C=O) groups excluding carboxylic acids is 1. The summed E-state index contributed by atoms with van der Waals surface area (Å²) in [4.78, 5) is 22.0. The summed E-state index contributed by atoms with van der Waals surface area (Å²) >= 11 is 0. The fourth-order valence-corrected chi connectivity index (χ4v) is 2.32. The van der Waals surface area contributed by atoms with Crippen LogP contribution >= 0.6 is 0 Å². The highest BCUT2D eigenvalue weighted by Crippen LogP contribution is 2.24. The van der Waals surface area contributed by atoms with Crippen molar-refractivity contribution in [1.29, 1.82) is 0 Å². The lowest BCUT2D eigenvalue weighted by Crippen LogP contribution is -2.40. The van der Waals surface area contributed by atoms with Crippen molar-refractivity contribution in [3.8, 4) is 0 Å². The molecule has 0 unspecified atom stereocenters. The minimum absolute atomic E-state index is 0.0344. The molecule has 1 aromatic heterocycles. The van der Waals surface area contributed by atoms with E-state index in [1.807, 2.05) is 4.90 Å². The normalized spacial score (nSPS) is 17.5. The summed E-state index contributed by atoms with van der Waals surface area (Å²) in [6, 6.07) is 1.72. The summed E-state index contributed by atoms with van der Waals surface area (Å²) in [6.07, 6.45) is 5.41. The second-order valence-electron chi connectivity index (χ2n) is 4.95. The molecule has 92 valence electrons. The van der Waals surface area contributed by atoms with E-state index in [1.165, 1.54) is 0 Å². The van der Waals surface area contributed by atoms with Crippen molar-refractivity contribution in [2.24, 2.45) is 11.8 Å². The number of likely N-dealkylation sites (tertiary alicyclic amines) is 1. The number of hydrogen-bond donors (Lipinski definition) is 0. The Morgan fingerprint density at radius 3 is 2.41 bits per heavy atom. The molecule has 0 aliphatic carbocycles. The standard InChI is InChI=1S/C13H19N3O/c1-10(2)11-4-8-16(9-5-11)13(17)12-14-6-3-7-15-12/h3,6-7,10-11H,4-5,8-9H2,1-2H3. The zero-order valence-corrected chi connectivity index (χ0v) is 10.5. The predicted octanol–water partition coefficient (Wildman–Crippen LogP) is 1.98. The topological polar surface area (TPSA) is 46.1 Å². The smallest absolute Gasteiger partial charge is 0.291 e. The second-order valence-corrected chi connectivity index (χ2v) is 4.95. The third kappa shape index (κ3) is 2.81. The Morgan fingerprint density at radius 2 is 1.88 bits per heavy atom. The first-order chi connectivity index (χ1) is 8.18. The highest BCUT2D eigenvalue weighted by molar-refractivity contribution is 5.90. The zero-order chi connectivity index (χ0) is 12.3. The average Bonchev–Trinajstić information content (AvgIpc) is 2.39. The largest absolute Gasteiger partial charge is 0.336 e. The van der Waals surface area contributed by atoms with E-state index >= 15 is 0 Å². The maximum atomic E-state index is 12.1. The van der Waals surface area contributed by atoms with Crippen molar-refractivity contribution >= 4 is 5.91 Å². The van der Waals surface area contributed by atoms with Gasteiger partial charge in [0.25, 0.3) is 5.91 Å². The van der Waals surface area contributed by atoms with Crippen LogP contribution in [-0.2, 0) is 0 Å². The first-order valence-electron chi connectivity index (χ1n) is 6.24. The molecule has 0 radical (unpaired) electrons. The number of amides is 1. The summed E-state index contributed by atoms with van der Waals surface area (Å²) in [5.74, 6) is 1.74. The van der Waals surface area contributed by atoms with Gasteiger partial charge in [0.05, 0.1) is 0 Å². The van der Waals surface area contributed by atoms with Crippen LogP contribution in [0.25, 0.3) is 0 Å². The first-order valence-corrected chi connectivity index (χ1v) is 6.24. The molecule has 0 saturated carbocycles. The van der Waals surface area contributed by atoms with Gasteiger partial charge in [0.15, 0.2) is 0 Å². The third-order valence-corrected chi connectivity index (χ3v) is 3.53. The first kappa shape index (κ1) is 12.0. The van der Waals surface area contributed by atoms with Gasteiger partial charge in [-0.1, -0.05) is 13.8 Å². The summed E-state index contributed by atoms with van der Waals surface area (Å²) in [7, 11) is 0. The van der Waals surface area contributed by atoms with Gasteiger partial charge in [-0.15, -0.1) is 0 Å². The molecular formula is C13H19N3O. The molecule has 0 atom stereocenters. The van der Waals surface area contributed by atoms with Gasteiger partial charge in [0.2, 0.25) is 5.82 Å². The Bertz CT molecular complexity index is 370. The number of rotatable bonds is 2. The monoisotopic (exact) mass is 233 g/mol. The van der Waals surface area contributed by atoms with E-state index in [2.05, 4.69) is 23.8 Å². The minimum Gasteiger partial charge on any atom is -0.336 e. The Labute approximate surface area is 102 Å². The highest BCUT2D eigenvalue weighted by Gasteiger charge is 2.26. The van der Waals surface area contributed by atoms with Crippen molar-refractivity contribution in [2.45, 2.75) is 26.7 Å². The van der Waals surface area contributed by atoms with Crippen LogP contribution in [0.3, 0.4) is 0 Å². The van der Waals surface area contributed by atoms with Gasteiger partial charge in [0, 0.05) is 25.5 Å². The Morgan fingerprint density at radius 1 is 1.29 bits per heavy atom. The molecule has 4 heteroatoms. The quantitative estimate of drug-likeness (QED) is 0.784. The van der Waals surface area contributed by atoms with E-state index in [4.69, 9.17) is 0 Å². The molecule has 0 spiro atoms. The molecule has 4 nitrogen and oxygen atoms in total. The van der Waals surface area contributed by atoms with Crippen molar-refractivity contribution in [3.05, 3.63) is 24.3 Å². The average molecular weight is 233 g/mol. The van der Waals surface area contributed by atoms with Gasteiger partial charge in [-0.2, -0.15) is 0 Å².